The zero-order valence-electron chi connectivity index (χ0n) is 21.7. The quantitative estimate of drug-likeness (QED) is 0.481. The Morgan fingerprint density at radius 3 is 2.11 bits per heavy atom. The predicted octanol–water partition coefficient (Wildman–Crippen LogP) is 3.69. The molecule has 2 rings (SSSR count). The number of rotatable bonds is 12. The van der Waals surface area contributed by atoms with E-state index in [1.807, 2.05) is 71.0 Å². The maximum atomic E-state index is 13.6. The zero-order chi connectivity index (χ0) is 26.2. The van der Waals surface area contributed by atoms with Gasteiger partial charge in [0, 0.05) is 13.1 Å². The molecule has 8 heteroatoms. The van der Waals surface area contributed by atoms with Crippen molar-refractivity contribution in [2.75, 3.05) is 30.2 Å². The van der Waals surface area contributed by atoms with Crippen LogP contribution in [0.2, 0.25) is 0 Å². The van der Waals surface area contributed by atoms with Gasteiger partial charge in [0.1, 0.15) is 12.6 Å². The first-order valence-electron chi connectivity index (χ1n) is 12.1. The molecular formula is C27H39N3O4S. The number of carbonyl (C=O) groups excluding carboxylic acids is 2. The largest absolute Gasteiger partial charge is 0.354 e. The van der Waals surface area contributed by atoms with Crippen LogP contribution in [0, 0.1) is 19.8 Å². The second-order valence-electron chi connectivity index (χ2n) is 9.50. The van der Waals surface area contributed by atoms with Crippen LogP contribution in [0.4, 0.5) is 5.69 Å². The third kappa shape index (κ3) is 8.69. The predicted molar refractivity (Wildman–Crippen MR) is 142 cm³/mol. The number of nitrogens with zero attached hydrogens (tertiary/aromatic N) is 2. The lowest BCUT2D eigenvalue weighted by atomic mass is 10.1. The molecule has 1 atom stereocenters. The van der Waals surface area contributed by atoms with Crippen molar-refractivity contribution in [3.05, 3.63) is 65.2 Å². The smallest absolute Gasteiger partial charge is 0.244 e. The van der Waals surface area contributed by atoms with E-state index >= 15 is 0 Å². The van der Waals surface area contributed by atoms with Gasteiger partial charge in [0.25, 0.3) is 0 Å². The molecule has 0 radical (unpaired) electrons. The van der Waals surface area contributed by atoms with Crippen LogP contribution in [0.3, 0.4) is 0 Å². The van der Waals surface area contributed by atoms with Crippen LogP contribution in [-0.4, -0.2) is 57.1 Å². The van der Waals surface area contributed by atoms with Crippen LogP contribution >= 0.6 is 0 Å². The van der Waals surface area contributed by atoms with Crippen LogP contribution in [0.15, 0.2) is 48.5 Å². The summed E-state index contributed by atoms with van der Waals surface area (Å²) in [5.41, 5.74) is 3.29. The van der Waals surface area contributed by atoms with Crippen molar-refractivity contribution in [3.63, 3.8) is 0 Å². The van der Waals surface area contributed by atoms with Gasteiger partial charge in [0.05, 0.1) is 11.9 Å². The highest BCUT2D eigenvalue weighted by Gasteiger charge is 2.31. The van der Waals surface area contributed by atoms with E-state index in [0.717, 1.165) is 27.3 Å². The number of hydrogen-bond acceptors (Lipinski definition) is 4. The van der Waals surface area contributed by atoms with E-state index < -0.39 is 22.0 Å². The molecule has 35 heavy (non-hydrogen) atoms. The van der Waals surface area contributed by atoms with Crippen LogP contribution in [0.1, 0.15) is 43.9 Å². The summed E-state index contributed by atoms with van der Waals surface area (Å²) in [6, 6.07) is 14.5. The Kier molecular flexibility index (Phi) is 10.3. The Morgan fingerprint density at radius 1 is 1.00 bits per heavy atom. The lowest BCUT2D eigenvalue weighted by molar-refractivity contribution is -0.139. The molecule has 0 aliphatic rings. The second-order valence-corrected chi connectivity index (χ2v) is 11.4. The fourth-order valence-electron chi connectivity index (χ4n) is 4.03. The third-order valence-corrected chi connectivity index (χ3v) is 6.87. The van der Waals surface area contributed by atoms with Gasteiger partial charge < -0.3 is 10.2 Å². The van der Waals surface area contributed by atoms with Gasteiger partial charge in [-0.3, -0.25) is 13.9 Å². The highest BCUT2D eigenvalue weighted by Crippen LogP contribution is 2.22. The molecule has 0 bridgehead atoms. The first-order chi connectivity index (χ1) is 16.4. The fraction of sp³-hybridized carbons (Fsp3) is 0.481. The summed E-state index contributed by atoms with van der Waals surface area (Å²) >= 11 is 0. The summed E-state index contributed by atoms with van der Waals surface area (Å²) in [6.07, 6.45) is 2.08. The number of nitrogens with one attached hydrogen (secondary N) is 1. The molecule has 0 aliphatic carbocycles. The van der Waals surface area contributed by atoms with E-state index in [0.29, 0.717) is 31.6 Å². The molecule has 1 N–H and O–H groups in total. The fourth-order valence-corrected chi connectivity index (χ4v) is 4.86. The molecule has 2 aromatic rings. The minimum absolute atomic E-state index is 0.222. The maximum Gasteiger partial charge on any atom is 0.244 e. The van der Waals surface area contributed by atoms with E-state index in [9.17, 15) is 18.0 Å². The van der Waals surface area contributed by atoms with Crippen molar-refractivity contribution < 1.29 is 18.0 Å². The average Bonchev–Trinajstić information content (AvgIpc) is 2.77. The van der Waals surface area contributed by atoms with Gasteiger partial charge >= 0.3 is 0 Å². The van der Waals surface area contributed by atoms with Crippen molar-refractivity contribution in [2.24, 2.45) is 5.92 Å². The number of amides is 2. The minimum Gasteiger partial charge on any atom is -0.354 e. The normalized spacial score (nSPS) is 12.3. The van der Waals surface area contributed by atoms with Gasteiger partial charge in [-0.25, -0.2) is 8.42 Å². The molecular weight excluding hydrogens is 462 g/mol. The highest BCUT2D eigenvalue weighted by atomic mass is 32.2. The number of sulfonamides is 1. The summed E-state index contributed by atoms with van der Waals surface area (Å²) in [6.45, 7) is 10.1. The van der Waals surface area contributed by atoms with E-state index in [4.69, 9.17) is 0 Å². The minimum atomic E-state index is -3.74. The molecule has 0 aromatic heterocycles. The Balaban J connectivity index is 2.37. The van der Waals surface area contributed by atoms with Gasteiger partial charge in [-0.05, 0) is 61.4 Å². The number of benzene rings is 2. The van der Waals surface area contributed by atoms with E-state index in [2.05, 4.69) is 5.32 Å². The molecule has 0 heterocycles. The van der Waals surface area contributed by atoms with Crippen molar-refractivity contribution in [1.82, 2.24) is 10.2 Å². The highest BCUT2D eigenvalue weighted by molar-refractivity contribution is 7.92. The van der Waals surface area contributed by atoms with Crippen LogP contribution in [0.25, 0.3) is 0 Å². The number of hydrogen-bond donors (Lipinski definition) is 1. The van der Waals surface area contributed by atoms with Crippen LogP contribution in [0.5, 0.6) is 0 Å². The van der Waals surface area contributed by atoms with Gasteiger partial charge in [-0.2, -0.15) is 0 Å². The van der Waals surface area contributed by atoms with Crippen molar-refractivity contribution in [1.29, 1.82) is 0 Å². The second kappa shape index (κ2) is 12.7. The lowest BCUT2D eigenvalue weighted by Crippen LogP contribution is -2.53. The summed E-state index contributed by atoms with van der Waals surface area (Å²) in [5.74, 6) is -0.354. The topological polar surface area (TPSA) is 86.8 Å². The van der Waals surface area contributed by atoms with Crippen LogP contribution in [-0.2, 0) is 26.0 Å². The van der Waals surface area contributed by atoms with Crippen molar-refractivity contribution in [3.8, 4) is 0 Å². The van der Waals surface area contributed by atoms with E-state index in [-0.39, 0.29) is 18.4 Å². The molecule has 0 aliphatic heterocycles. The Labute approximate surface area is 210 Å². The van der Waals surface area contributed by atoms with Gasteiger partial charge in [-0.1, -0.05) is 57.2 Å². The van der Waals surface area contributed by atoms with Crippen molar-refractivity contribution >= 4 is 27.5 Å². The summed E-state index contributed by atoms with van der Waals surface area (Å²) < 4.78 is 26.6. The average molecular weight is 502 g/mol. The number of carbonyl (C=O) groups is 2. The van der Waals surface area contributed by atoms with Gasteiger partial charge in [-0.15, -0.1) is 0 Å². The van der Waals surface area contributed by atoms with Crippen molar-refractivity contribution in [2.45, 2.75) is 53.5 Å². The molecule has 0 unspecified atom stereocenters. The lowest BCUT2D eigenvalue weighted by Gasteiger charge is -2.33. The Bertz CT molecular complexity index is 1080. The molecule has 2 aromatic carbocycles. The first-order valence-corrected chi connectivity index (χ1v) is 13.9. The molecule has 0 saturated carbocycles. The zero-order valence-corrected chi connectivity index (χ0v) is 22.6. The molecule has 2 amide bonds. The first kappa shape index (κ1) is 28.4. The third-order valence-electron chi connectivity index (χ3n) is 5.73. The molecule has 0 saturated heterocycles. The monoisotopic (exact) mass is 501 g/mol. The Morgan fingerprint density at radius 2 is 1.60 bits per heavy atom. The summed E-state index contributed by atoms with van der Waals surface area (Å²) in [7, 11) is -3.74. The summed E-state index contributed by atoms with van der Waals surface area (Å²) in [5, 5.41) is 2.93. The van der Waals surface area contributed by atoms with E-state index in [1.54, 1.807) is 12.1 Å². The molecule has 7 nitrogen and oxygen atoms in total. The van der Waals surface area contributed by atoms with Gasteiger partial charge in [0.2, 0.25) is 21.8 Å². The molecule has 0 fully saturated rings. The Hall–Kier alpha value is -2.87. The maximum absolute atomic E-state index is 13.6. The summed E-state index contributed by atoms with van der Waals surface area (Å²) in [4.78, 5) is 28.2. The SMILES string of the molecule is CC[C@@H](C(=O)NCC(C)C)N(CCc1ccccc1)C(=O)CN(c1cc(C)cc(C)c1)S(C)(=O)=O. The molecule has 0 spiro atoms. The number of anilines is 1. The molecule has 192 valence electrons. The number of aryl methyl sites for hydroxylation is 2. The van der Waals surface area contributed by atoms with Crippen LogP contribution < -0.4 is 9.62 Å². The van der Waals surface area contributed by atoms with Gasteiger partial charge in [0.15, 0.2) is 0 Å². The standard InChI is InChI=1S/C27H39N3O4S/c1-7-25(27(32)28-18-20(2)3)29(14-13-23-11-9-8-10-12-23)26(31)19-30(35(6,33)34)24-16-21(4)15-22(5)17-24/h8-12,15-17,20,25H,7,13-14,18-19H2,1-6H3,(H,28,32)/t25-/m0/s1. The van der Waals surface area contributed by atoms with E-state index in [1.165, 1.54) is 4.90 Å².